The summed E-state index contributed by atoms with van der Waals surface area (Å²) in [6, 6.07) is 5.50. The highest BCUT2D eigenvalue weighted by Crippen LogP contribution is 2.34. The zero-order chi connectivity index (χ0) is 14.5. The fourth-order valence-corrected chi connectivity index (χ4v) is 3.18. The molecule has 0 saturated heterocycles. The van der Waals surface area contributed by atoms with E-state index >= 15 is 0 Å². The zero-order valence-corrected chi connectivity index (χ0v) is 13.0. The predicted molar refractivity (Wildman–Crippen MR) is 83.6 cm³/mol. The third-order valence-electron chi connectivity index (χ3n) is 3.16. The summed E-state index contributed by atoms with van der Waals surface area (Å²) in [6.07, 6.45) is 0.361. The SMILES string of the molecule is CC(C)(C)C1=NN(c2nc3ccc(Cl)cc3s2)C(=O)C1. The third kappa shape index (κ3) is 2.31. The van der Waals surface area contributed by atoms with Crippen molar-refractivity contribution in [3.8, 4) is 0 Å². The number of carbonyl (C=O) groups excluding carboxylic acids is 1. The summed E-state index contributed by atoms with van der Waals surface area (Å²) in [5, 5.41) is 7.13. The molecule has 1 aliphatic rings. The molecule has 0 aliphatic carbocycles. The smallest absolute Gasteiger partial charge is 0.255 e. The van der Waals surface area contributed by atoms with Crippen LogP contribution in [-0.2, 0) is 4.79 Å². The van der Waals surface area contributed by atoms with Gasteiger partial charge in [-0.1, -0.05) is 43.7 Å². The van der Waals surface area contributed by atoms with Gasteiger partial charge in [-0.05, 0) is 18.2 Å². The normalized spacial score (nSPS) is 16.1. The minimum absolute atomic E-state index is 0.0277. The first-order chi connectivity index (χ1) is 9.34. The van der Waals surface area contributed by atoms with Crippen LogP contribution in [0.3, 0.4) is 0 Å². The maximum atomic E-state index is 12.1. The Morgan fingerprint density at radius 1 is 1.35 bits per heavy atom. The van der Waals surface area contributed by atoms with Gasteiger partial charge in [0.05, 0.1) is 22.3 Å². The van der Waals surface area contributed by atoms with Gasteiger partial charge in [0.2, 0.25) is 5.13 Å². The Hall–Kier alpha value is -1.46. The van der Waals surface area contributed by atoms with Crippen molar-refractivity contribution in [1.82, 2.24) is 4.98 Å². The predicted octanol–water partition coefficient (Wildman–Crippen LogP) is 4.09. The quantitative estimate of drug-likeness (QED) is 0.796. The van der Waals surface area contributed by atoms with E-state index in [1.54, 1.807) is 6.07 Å². The molecule has 3 rings (SSSR count). The molecule has 20 heavy (non-hydrogen) atoms. The van der Waals surface area contributed by atoms with Crippen molar-refractivity contribution in [3.63, 3.8) is 0 Å². The van der Waals surface area contributed by atoms with Crippen molar-refractivity contribution in [2.24, 2.45) is 10.5 Å². The Morgan fingerprint density at radius 3 is 2.75 bits per heavy atom. The summed E-state index contributed by atoms with van der Waals surface area (Å²) in [4.78, 5) is 16.6. The number of aromatic nitrogens is 1. The molecule has 0 bridgehead atoms. The second-order valence-electron chi connectivity index (χ2n) is 5.79. The van der Waals surface area contributed by atoms with E-state index in [9.17, 15) is 4.79 Å². The molecular formula is C14H14ClN3OS. The van der Waals surface area contributed by atoms with E-state index in [0.29, 0.717) is 16.6 Å². The van der Waals surface area contributed by atoms with Crippen LogP contribution in [-0.4, -0.2) is 16.6 Å². The standard InChI is InChI=1S/C14H14ClN3OS/c1-14(2,3)11-7-12(19)18(17-11)13-16-9-5-4-8(15)6-10(9)20-13/h4-6H,7H2,1-3H3. The number of hydrazone groups is 1. The second kappa shape index (κ2) is 4.53. The van der Waals surface area contributed by atoms with Crippen LogP contribution in [0, 0.1) is 5.41 Å². The van der Waals surface area contributed by atoms with Crippen molar-refractivity contribution in [3.05, 3.63) is 23.2 Å². The summed E-state index contributed by atoms with van der Waals surface area (Å²) in [5.41, 5.74) is 1.62. The van der Waals surface area contributed by atoms with Crippen LogP contribution in [0.15, 0.2) is 23.3 Å². The van der Waals surface area contributed by atoms with Gasteiger partial charge in [0, 0.05) is 10.4 Å². The largest absolute Gasteiger partial charge is 0.272 e. The van der Waals surface area contributed by atoms with Crippen LogP contribution in [0.5, 0.6) is 0 Å². The average Bonchev–Trinajstić information content (AvgIpc) is 2.90. The van der Waals surface area contributed by atoms with Crippen molar-refractivity contribution in [1.29, 1.82) is 0 Å². The van der Waals surface area contributed by atoms with Crippen molar-refractivity contribution in [2.45, 2.75) is 27.2 Å². The van der Waals surface area contributed by atoms with Gasteiger partial charge in [0.25, 0.3) is 5.91 Å². The molecule has 1 amide bonds. The molecule has 104 valence electrons. The molecule has 2 aromatic rings. The highest BCUT2D eigenvalue weighted by atomic mass is 35.5. The number of hydrogen-bond donors (Lipinski definition) is 0. The van der Waals surface area contributed by atoms with E-state index in [1.165, 1.54) is 16.3 Å². The average molecular weight is 308 g/mol. The number of benzene rings is 1. The summed E-state index contributed by atoms with van der Waals surface area (Å²) < 4.78 is 0.958. The molecule has 0 unspecified atom stereocenters. The Balaban J connectivity index is 2.02. The first kappa shape index (κ1) is 13.5. The van der Waals surface area contributed by atoms with Gasteiger partial charge >= 0.3 is 0 Å². The van der Waals surface area contributed by atoms with Gasteiger partial charge in [0.1, 0.15) is 0 Å². The maximum absolute atomic E-state index is 12.1. The Labute approximate surface area is 126 Å². The molecule has 0 atom stereocenters. The molecule has 0 N–H and O–H groups in total. The van der Waals surface area contributed by atoms with E-state index < -0.39 is 0 Å². The molecule has 0 spiro atoms. The first-order valence-corrected chi connectivity index (χ1v) is 7.51. The van der Waals surface area contributed by atoms with Gasteiger partial charge < -0.3 is 0 Å². The minimum atomic E-state index is -0.107. The highest BCUT2D eigenvalue weighted by Gasteiger charge is 2.33. The van der Waals surface area contributed by atoms with Crippen LogP contribution < -0.4 is 5.01 Å². The van der Waals surface area contributed by atoms with E-state index in [4.69, 9.17) is 11.6 Å². The summed E-state index contributed by atoms with van der Waals surface area (Å²) in [5.74, 6) is -0.0277. The number of anilines is 1. The number of amides is 1. The fraction of sp³-hybridized carbons (Fsp3) is 0.357. The Kier molecular flexibility index (Phi) is 3.06. The molecule has 0 saturated carbocycles. The van der Waals surface area contributed by atoms with Crippen LogP contribution in [0.1, 0.15) is 27.2 Å². The van der Waals surface area contributed by atoms with Gasteiger partial charge in [-0.3, -0.25) is 4.79 Å². The van der Waals surface area contributed by atoms with Gasteiger partial charge in [0.15, 0.2) is 0 Å². The molecule has 2 heterocycles. The number of thiazole rings is 1. The molecule has 1 aliphatic heterocycles. The number of carbonyl (C=O) groups is 1. The van der Waals surface area contributed by atoms with Gasteiger partial charge in [-0.15, -0.1) is 0 Å². The van der Waals surface area contributed by atoms with Crippen molar-refractivity contribution >= 4 is 49.9 Å². The lowest BCUT2D eigenvalue weighted by Gasteiger charge is -2.16. The number of rotatable bonds is 1. The summed E-state index contributed by atoms with van der Waals surface area (Å²) in [7, 11) is 0. The maximum Gasteiger partial charge on any atom is 0.255 e. The van der Waals surface area contributed by atoms with E-state index in [-0.39, 0.29) is 11.3 Å². The number of fused-ring (bicyclic) bond motifs is 1. The molecule has 0 fully saturated rings. The second-order valence-corrected chi connectivity index (χ2v) is 7.23. The molecule has 0 radical (unpaired) electrons. The molecule has 6 heteroatoms. The minimum Gasteiger partial charge on any atom is -0.272 e. The summed E-state index contributed by atoms with van der Waals surface area (Å²) >= 11 is 7.40. The van der Waals surface area contributed by atoms with E-state index in [0.717, 1.165) is 15.9 Å². The number of hydrogen-bond acceptors (Lipinski definition) is 4. The van der Waals surface area contributed by atoms with Crippen molar-refractivity contribution < 1.29 is 4.79 Å². The van der Waals surface area contributed by atoms with Gasteiger partial charge in [-0.2, -0.15) is 10.1 Å². The number of nitrogens with zero attached hydrogens (tertiary/aromatic N) is 3. The monoisotopic (exact) mass is 307 g/mol. The molecule has 4 nitrogen and oxygen atoms in total. The fourth-order valence-electron chi connectivity index (χ4n) is 1.97. The lowest BCUT2D eigenvalue weighted by atomic mass is 9.88. The van der Waals surface area contributed by atoms with Crippen LogP contribution in [0.25, 0.3) is 10.2 Å². The van der Waals surface area contributed by atoms with E-state index in [1.807, 2.05) is 12.1 Å². The van der Waals surface area contributed by atoms with Crippen LogP contribution in [0.4, 0.5) is 5.13 Å². The lowest BCUT2D eigenvalue weighted by Crippen LogP contribution is -2.20. The third-order valence-corrected chi connectivity index (χ3v) is 4.39. The topological polar surface area (TPSA) is 45.6 Å². The zero-order valence-electron chi connectivity index (χ0n) is 11.5. The molecule has 1 aromatic carbocycles. The van der Waals surface area contributed by atoms with E-state index in [2.05, 4.69) is 30.9 Å². The van der Waals surface area contributed by atoms with Crippen LogP contribution in [0.2, 0.25) is 5.02 Å². The first-order valence-electron chi connectivity index (χ1n) is 6.31. The van der Waals surface area contributed by atoms with Crippen molar-refractivity contribution in [2.75, 3.05) is 5.01 Å². The highest BCUT2D eigenvalue weighted by molar-refractivity contribution is 7.22. The lowest BCUT2D eigenvalue weighted by molar-refractivity contribution is -0.116. The molecule has 1 aromatic heterocycles. The summed E-state index contributed by atoms with van der Waals surface area (Å²) in [6.45, 7) is 6.17. The number of halogens is 1. The Bertz CT molecular complexity index is 730. The Morgan fingerprint density at radius 2 is 2.10 bits per heavy atom. The van der Waals surface area contributed by atoms with Crippen LogP contribution >= 0.6 is 22.9 Å². The van der Waals surface area contributed by atoms with Gasteiger partial charge in [-0.25, -0.2) is 4.98 Å². The molecular weight excluding hydrogens is 294 g/mol.